The molecule has 106 valence electrons. The van der Waals surface area contributed by atoms with Crippen molar-refractivity contribution in [3.05, 3.63) is 40.1 Å². The number of rotatable bonds is 3. The summed E-state index contributed by atoms with van der Waals surface area (Å²) in [5, 5.41) is 3.97. The van der Waals surface area contributed by atoms with Crippen LogP contribution in [0.1, 0.15) is 28.2 Å². The van der Waals surface area contributed by atoms with E-state index in [-0.39, 0.29) is 5.91 Å². The minimum absolute atomic E-state index is 0.137. The number of aromatic nitrogens is 2. The van der Waals surface area contributed by atoms with Crippen LogP contribution >= 0.6 is 11.3 Å². The van der Waals surface area contributed by atoms with E-state index in [9.17, 15) is 4.79 Å². The van der Waals surface area contributed by atoms with E-state index in [4.69, 9.17) is 0 Å². The van der Waals surface area contributed by atoms with Gasteiger partial charge in [-0.05, 0) is 30.2 Å². The maximum Gasteiger partial charge on any atom is 0.254 e. The molecule has 20 heavy (non-hydrogen) atoms. The van der Waals surface area contributed by atoms with Gasteiger partial charge in [0.2, 0.25) is 0 Å². The molecule has 2 aromatic heterocycles. The molecule has 2 aromatic rings. The van der Waals surface area contributed by atoms with Crippen molar-refractivity contribution in [2.24, 2.45) is 5.92 Å². The number of carbonyl (C=O) groups excluding carboxylic acids is 1. The Labute approximate surface area is 123 Å². The van der Waals surface area contributed by atoms with Gasteiger partial charge in [-0.3, -0.25) is 4.79 Å². The molecule has 1 atom stereocenters. The molecule has 3 heterocycles. The smallest absolute Gasteiger partial charge is 0.254 e. The van der Waals surface area contributed by atoms with Crippen LogP contribution in [0.2, 0.25) is 0 Å². The van der Waals surface area contributed by atoms with Crippen molar-refractivity contribution >= 4 is 17.2 Å². The third kappa shape index (κ3) is 2.50. The quantitative estimate of drug-likeness (QED) is 0.871. The van der Waals surface area contributed by atoms with Gasteiger partial charge < -0.3 is 9.47 Å². The van der Waals surface area contributed by atoms with Gasteiger partial charge in [0.15, 0.2) is 0 Å². The van der Waals surface area contributed by atoms with E-state index in [1.165, 1.54) is 0 Å². The lowest BCUT2D eigenvalue weighted by molar-refractivity contribution is 0.0764. The van der Waals surface area contributed by atoms with Crippen molar-refractivity contribution in [3.8, 4) is 0 Å². The second kappa shape index (κ2) is 5.40. The van der Waals surface area contributed by atoms with E-state index in [1.54, 1.807) is 11.3 Å². The molecule has 5 heteroatoms. The molecule has 0 N–H and O–H groups in total. The molecule has 0 bridgehead atoms. The Morgan fingerprint density at radius 3 is 3.15 bits per heavy atom. The van der Waals surface area contributed by atoms with Crippen LogP contribution in [0.25, 0.3) is 0 Å². The molecule has 0 spiro atoms. The van der Waals surface area contributed by atoms with Crippen molar-refractivity contribution in [2.45, 2.75) is 26.3 Å². The Balaban J connectivity index is 1.64. The number of amides is 1. The number of nitrogens with zero attached hydrogens (tertiary/aromatic N) is 3. The van der Waals surface area contributed by atoms with Crippen molar-refractivity contribution in [1.82, 2.24) is 14.5 Å². The van der Waals surface area contributed by atoms with Gasteiger partial charge in [-0.2, -0.15) is 11.3 Å². The SMILES string of the molecule is Cc1cscc1C(=O)N(C)CC1CCn2ccnc2C1. The van der Waals surface area contributed by atoms with E-state index in [0.717, 1.165) is 42.9 Å². The standard InChI is InChI=1S/C15H19N3OS/c1-11-9-20-10-13(11)15(19)17(2)8-12-3-5-18-6-4-16-14(18)7-12/h4,6,9-10,12H,3,5,7-8H2,1-2H3. The summed E-state index contributed by atoms with van der Waals surface area (Å²) in [6.07, 6.45) is 5.98. The van der Waals surface area contributed by atoms with Crippen molar-refractivity contribution in [1.29, 1.82) is 0 Å². The maximum atomic E-state index is 12.4. The Hall–Kier alpha value is -1.62. The van der Waals surface area contributed by atoms with Gasteiger partial charge in [0, 0.05) is 44.3 Å². The average molecular weight is 289 g/mol. The Morgan fingerprint density at radius 2 is 2.40 bits per heavy atom. The van der Waals surface area contributed by atoms with Crippen LogP contribution in [0.15, 0.2) is 23.2 Å². The van der Waals surface area contributed by atoms with Crippen LogP contribution in [0.3, 0.4) is 0 Å². The van der Waals surface area contributed by atoms with E-state index in [2.05, 4.69) is 9.55 Å². The first-order valence-electron chi connectivity index (χ1n) is 6.93. The van der Waals surface area contributed by atoms with Crippen LogP contribution in [0, 0.1) is 12.8 Å². The minimum Gasteiger partial charge on any atom is -0.341 e. The van der Waals surface area contributed by atoms with Gasteiger partial charge in [-0.1, -0.05) is 0 Å². The molecule has 0 fully saturated rings. The Bertz CT molecular complexity index is 616. The zero-order valence-electron chi connectivity index (χ0n) is 11.9. The summed E-state index contributed by atoms with van der Waals surface area (Å²) in [5.41, 5.74) is 1.92. The van der Waals surface area contributed by atoms with E-state index < -0.39 is 0 Å². The van der Waals surface area contributed by atoms with E-state index in [0.29, 0.717) is 5.92 Å². The molecule has 1 aliphatic rings. The zero-order valence-corrected chi connectivity index (χ0v) is 12.7. The van der Waals surface area contributed by atoms with Crippen molar-refractivity contribution < 1.29 is 4.79 Å². The molecule has 0 aliphatic carbocycles. The summed E-state index contributed by atoms with van der Waals surface area (Å²) in [6.45, 7) is 3.81. The fourth-order valence-corrected chi connectivity index (χ4v) is 3.65. The first kappa shape index (κ1) is 13.4. The topological polar surface area (TPSA) is 38.1 Å². The summed E-state index contributed by atoms with van der Waals surface area (Å²) < 4.78 is 2.21. The molecule has 0 radical (unpaired) electrons. The van der Waals surface area contributed by atoms with Gasteiger partial charge in [-0.25, -0.2) is 4.98 Å². The monoisotopic (exact) mass is 289 g/mol. The molecule has 4 nitrogen and oxygen atoms in total. The first-order valence-corrected chi connectivity index (χ1v) is 7.87. The highest BCUT2D eigenvalue weighted by atomic mass is 32.1. The molecule has 1 amide bonds. The highest BCUT2D eigenvalue weighted by Crippen LogP contribution is 2.21. The third-order valence-corrected chi connectivity index (χ3v) is 4.88. The Kier molecular flexibility index (Phi) is 3.61. The van der Waals surface area contributed by atoms with E-state index in [1.807, 2.05) is 42.0 Å². The van der Waals surface area contributed by atoms with Crippen LogP contribution in [0.5, 0.6) is 0 Å². The molecule has 0 aromatic carbocycles. The number of carbonyl (C=O) groups is 1. The normalized spacial score (nSPS) is 17.8. The molecule has 1 aliphatic heterocycles. The zero-order chi connectivity index (χ0) is 14.1. The predicted molar refractivity (Wildman–Crippen MR) is 80.1 cm³/mol. The fraction of sp³-hybridized carbons (Fsp3) is 0.467. The average Bonchev–Trinajstić information content (AvgIpc) is 3.05. The highest BCUT2D eigenvalue weighted by molar-refractivity contribution is 7.08. The number of aryl methyl sites for hydroxylation is 2. The van der Waals surface area contributed by atoms with Gasteiger partial charge in [-0.15, -0.1) is 0 Å². The van der Waals surface area contributed by atoms with Crippen LogP contribution < -0.4 is 0 Å². The Morgan fingerprint density at radius 1 is 1.55 bits per heavy atom. The second-order valence-electron chi connectivity index (χ2n) is 5.55. The van der Waals surface area contributed by atoms with Crippen LogP contribution in [-0.4, -0.2) is 34.0 Å². The minimum atomic E-state index is 0.137. The number of fused-ring (bicyclic) bond motifs is 1. The number of thiophene rings is 1. The van der Waals surface area contributed by atoms with Gasteiger partial charge in [0.1, 0.15) is 5.82 Å². The third-order valence-electron chi connectivity index (χ3n) is 4.02. The predicted octanol–water partition coefficient (Wildman–Crippen LogP) is 2.59. The van der Waals surface area contributed by atoms with Crippen LogP contribution in [0.4, 0.5) is 0 Å². The van der Waals surface area contributed by atoms with Gasteiger partial charge in [0.05, 0.1) is 5.56 Å². The van der Waals surface area contributed by atoms with E-state index >= 15 is 0 Å². The number of hydrogen-bond acceptors (Lipinski definition) is 3. The molecule has 1 unspecified atom stereocenters. The lowest BCUT2D eigenvalue weighted by atomic mass is 9.97. The van der Waals surface area contributed by atoms with Crippen molar-refractivity contribution in [2.75, 3.05) is 13.6 Å². The van der Waals surface area contributed by atoms with Crippen molar-refractivity contribution in [3.63, 3.8) is 0 Å². The van der Waals surface area contributed by atoms with Gasteiger partial charge >= 0.3 is 0 Å². The summed E-state index contributed by atoms with van der Waals surface area (Å²) in [6, 6.07) is 0. The number of hydrogen-bond donors (Lipinski definition) is 0. The molecule has 0 saturated carbocycles. The lowest BCUT2D eigenvalue weighted by Crippen LogP contribution is -2.35. The molecular formula is C15H19N3OS. The van der Waals surface area contributed by atoms with Crippen LogP contribution in [-0.2, 0) is 13.0 Å². The molecular weight excluding hydrogens is 270 g/mol. The summed E-state index contributed by atoms with van der Waals surface area (Å²) in [5.74, 6) is 1.80. The second-order valence-corrected chi connectivity index (χ2v) is 6.29. The fourth-order valence-electron chi connectivity index (χ4n) is 2.83. The molecule has 0 saturated heterocycles. The summed E-state index contributed by atoms with van der Waals surface area (Å²) >= 11 is 1.59. The highest BCUT2D eigenvalue weighted by Gasteiger charge is 2.23. The first-order chi connectivity index (χ1) is 9.65. The van der Waals surface area contributed by atoms with Gasteiger partial charge in [0.25, 0.3) is 5.91 Å². The largest absolute Gasteiger partial charge is 0.341 e. The maximum absolute atomic E-state index is 12.4. The number of imidazole rings is 1. The molecule has 3 rings (SSSR count). The summed E-state index contributed by atoms with van der Waals surface area (Å²) in [7, 11) is 1.90. The summed E-state index contributed by atoms with van der Waals surface area (Å²) in [4.78, 5) is 18.7. The lowest BCUT2D eigenvalue weighted by Gasteiger charge is -2.27.